The predicted octanol–water partition coefficient (Wildman–Crippen LogP) is 2.18. The van der Waals surface area contributed by atoms with Crippen LogP contribution in [0, 0.1) is 12.9 Å². The summed E-state index contributed by atoms with van der Waals surface area (Å²) in [5.41, 5.74) is 1.06. The molecule has 2 rings (SSSR count). The summed E-state index contributed by atoms with van der Waals surface area (Å²) in [7, 11) is 0. The molecule has 0 fully saturated rings. The maximum atomic E-state index is 12.8. The quantitative estimate of drug-likeness (QED) is 0.806. The molecule has 0 saturated heterocycles. The third-order valence-electron chi connectivity index (χ3n) is 2.18. The van der Waals surface area contributed by atoms with Crippen molar-refractivity contribution in [2.24, 2.45) is 0 Å². The lowest BCUT2D eigenvalue weighted by molar-refractivity contribution is 0.102. The normalized spacial score (nSPS) is 10.0. The zero-order chi connectivity index (χ0) is 12.3. The SMILES string of the molecule is Cc1cccnc1C(=O)Nc1cccc(F)n1. The van der Waals surface area contributed by atoms with Gasteiger partial charge in [0.1, 0.15) is 11.5 Å². The van der Waals surface area contributed by atoms with E-state index in [1.165, 1.54) is 24.4 Å². The number of rotatable bonds is 2. The molecule has 4 nitrogen and oxygen atoms in total. The van der Waals surface area contributed by atoms with Crippen molar-refractivity contribution < 1.29 is 9.18 Å². The lowest BCUT2D eigenvalue weighted by Crippen LogP contribution is -2.16. The fourth-order valence-electron chi connectivity index (χ4n) is 1.38. The van der Waals surface area contributed by atoms with Crippen LogP contribution in [-0.4, -0.2) is 15.9 Å². The van der Waals surface area contributed by atoms with Crippen LogP contribution in [0.25, 0.3) is 0 Å². The minimum absolute atomic E-state index is 0.167. The van der Waals surface area contributed by atoms with Crippen LogP contribution < -0.4 is 5.32 Å². The van der Waals surface area contributed by atoms with Crippen LogP contribution in [0.1, 0.15) is 16.1 Å². The molecule has 86 valence electrons. The second-order valence-corrected chi connectivity index (χ2v) is 3.47. The molecule has 17 heavy (non-hydrogen) atoms. The first-order chi connectivity index (χ1) is 8.16. The molecule has 0 aromatic carbocycles. The van der Waals surface area contributed by atoms with E-state index in [4.69, 9.17) is 0 Å². The summed E-state index contributed by atoms with van der Waals surface area (Å²) in [6.07, 6.45) is 1.53. The van der Waals surface area contributed by atoms with Crippen LogP contribution in [0.2, 0.25) is 0 Å². The Bertz CT molecular complexity index is 557. The second kappa shape index (κ2) is 4.69. The molecular weight excluding hydrogens is 221 g/mol. The van der Waals surface area contributed by atoms with Gasteiger partial charge in [-0.2, -0.15) is 4.39 Å². The summed E-state index contributed by atoms with van der Waals surface area (Å²) in [6, 6.07) is 7.72. The molecule has 0 aliphatic heterocycles. The molecule has 2 heterocycles. The van der Waals surface area contributed by atoms with E-state index in [1.807, 2.05) is 0 Å². The van der Waals surface area contributed by atoms with Gasteiger partial charge in [-0.25, -0.2) is 4.98 Å². The number of anilines is 1. The number of aromatic nitrogens is 2. The number of halogens is 1. The third-order valence-corrected chi connectivity index (χ3v) is 2.18. The number of amides is 1. The van der Waals surface area contributed by atoms with Crippen LogP contribution in [0.15, 0.2) is 36.5 Å². The molecule has 0 radical (unpaired) electrons. The van der Waals surface area contributed by atoms with Gasteiger partial charge in [0.2, 0.25) is 5.95 Å². The second-order valence-electron chi connectivity index (χ2n) is 3.47. The molecule has 5 heteroatoms. The number of hydrogen-bond donors (Lipinski definition) is 1. The van der Waals surface area contributed by atoms with Crippen molar-refractivity contribution >= 4 is 11.7 Å². The van der Waals surface area contributed by atoms with Crippen molar-refractivity contribution in [3.05, 3.63) is 53.7 Å². The van der Waals surface area contributed by atoms with Crippen molar-refractivity contribution in [3.8, 4) is 0 Å². The number of aryl methyl sites for hydroxylation is 1. The minimum Gasteiger partial charge on any atom is -0.305 e. The van der Waals surface area contributed by atoms with Gasteiger partial charge in [-0.05, 0) is 30.7 Å². The molecule has 0 aliphatic rings. The van der Waals surface area contributed by atoms with E-state index >= 15 is 0 Å². The summed E-state index contributed by atoms with van der Waals surface area (Å²) >= 11 is 0. The van der Waals surface area contributed by atoms with Crippen LogP contribution in [0.5, 0.6) is 0 Å². The van der Waals surface area contributed by atoms with Gasteiger partial charge in [0.15, 0.2) is 0 Å². The molecule has 2 aromatic heterocycles. The van der Waals surface area contributed by atoms with Crippen LogP contribution in [-0.2, 0) is 0 Å². The molecule has 1 N–H and O–H groups in total. The number of nitrogens with zero attached hydrogens (tertiary/aromatic N) is 2. The molecule has 0 unspecified atom stereocenters. The van der Waals surface area contributed by atoms with Gasteiger partial charge in [0.05, 0.1) is 0 Å². The molecule has 0 aliphatic carbocycles. The first-order valence-corrected chi connectivity index (χ1v) is 5.02. The maximum absolute atomic E-state index is 12.8. The largest absolute Gasteiger partial charge is 0.305 e. The summed E-state index contributed by atoms with van der Waals surface area (Å²) in [5, 5.41) is 2.49. The molecule has 0 spiro atoms. The van der Waals surface area contributed by atoms with Gasteiger partial charge in [-0.3, -0.25) is 9.78 Å². The molecule has 0 atom stereocenters. The van der Waals surface area contributed by atoms with Crippen LogP contribution >= 0.6 is 0 Å². The van der Waals surface area contributed by atoms with Crippen molar-refractivity contribution in [1.29, 1.82) is 0 Å². The highest BCUT2D eigenvalue weighted by atomic mass is 19.1. The van der Waals surface area contributed by atoms with Crippen LogP contribution in [0.4, 0.5) is 10.2 Å². The fraction of sp³-hybridized carbons (Fsp3) is 0.0833. The van der Waals surface area contributed by atoms with E-state index in [2.05, 4.69) is 15.3 Å². The predicted molar refractivity (Wildman–Crippen MR) is 61.1 cm³/mol. The van der Waals surface area contributed by atoms with E-state index in [0.717, 1.165) is 5.56 Å². The maximum Gasteiger partial charge on any atom is 0.275 e. The fourth-order valence-corrected chi connectivity index (χ4v) is 1.38. The number of carbonyl (C=O) groups is 1. The first-order valence-electron chi connectivity index (χ1n) is 5.02. The summed E-state index contributed by atoms with van der Waals surface area (Å²) < 4.78 is 12.8. The lowest BCUT2D eigenvalue weighted by atomic mass is 10.2. The van der Waals surface area contributed by atoms with E-state index in [1.54, 1.807) is 19.1 Å². The van der Waals surface area contributed by atoms with E-state index in [0.29, 0.717) is 5.69 Å². The lowest BCUT2D eigenvalue weighted by Gasteiger charge is -2.05. The van der Waals surface area contributed by atoms with Gasteiger partial charge < -0.3 is 5.32 Å². The Labute approximate surface area is 97.5 Å². The summed E-state index contributed by atoms with van der Waals surface area (Å²) in [4.78, 5) is 19.3. The van der Waals surface area contributed by atoms with Crippen LogP contribution in [0.3, 0.4) is 0 Å². The van der Waals surface area contributed by atoms with Gasteiger partial charge >= 0.3 is 0 Å². The molecule has 0 bridgehead atoms. The standard InChI is InChI=1S/C12H10FN3O/c1-8-4-3-7-14-11(8)12(17)16-10-6-2-5-9(13)15-10/h2-7H,1H3,(H,15,16,17). The first kappa shape index (κ1) is 11.2. The highest BCUT2D eigenvalue weighted by molar-refractivity contribution is 6.03. The Hall–Kier alpha value is -2.30. The minimum atomic E-state index is -0.638. The zero-order valence-electron chi connectivity index (χ0n) is 9.14. The average Bonchev–Trinajstić information content (AvgIpc) is 2.29. The van der Waals surface area contributed by atoms with Gasteiger partial charge in [-0.1, -0.05) is 12.1 Å². The Morgan fingerprint density at radius 3 is 2.82 bits per heavy atom. The van der Waals surface area contributed by atoms with Crippen molar-refractivity contribution in [1.82, 2.24) is 9.97 Å². The van der Waals surface area contributed by atoms with Gasteiger partial charge in [0.25, 0.3) is 5.91 Å². The van der Waals surface area contributed by atoms with E-state index < -0.39 is 11.9 Å². The smallest absolute Gasteiger partial charge is 0.275 e. The van der Waals surface area contributed by atoms with E-state index in [9.17, 15) is 9.18 Å². The third kappa shape index (κ3) is 2.63. The highest BCUT2D eigenvalue weighted by Gasteiger charge is 2.10. The van der Waals surface area contributed by atoms with E-state index in [-0.39, 0.29) is 5.82 Å². The van der Waals surface area contributed by atoms with Crippen molar-refractivity contribution in [3.63, 3.8) is 0 Å². The Balaban J connectivity index is 2.20. The molecular formula is C12H10FN3O. The van der Waals surface area contributed by atoms with Crippen molar-refractivity contribution in [2.75, 3.05) is 5.32 Å². The molecule has 1 amide bonds. The average molecular weight is 231 g/mol. The summed E-state index contributed by atoms with van der Waals surface area (Å²) in [5.74, 6) is -0.873. The molecule has 2 aromatic rings. The highest BCUT2D eigenvalue weighted by Crippen LogP contribution is 2.08. The topological polar surface area (TPSA) is 54.9 Å². The Morgan fingerprint density at radius 1 is 1.29 bits per heavy atom. The molecule has 0 saturated carbocycles. The monoisotopic (exact) mass is 231 g/mol. The number of carbonyl (C=O) groups excluding carboxylic acids is 1. The number of hydrogen-bond acceptors (Lipinski definition) is 3. The van der Waals surface area contributed by atoms with Gasteiger partial charge in [-0.15, -0.1) is 0 Å². The number of pyridine rings is 2. The van der Waals surface area contributed by atoms with Crippen molar-refractivity contribution in [2.45, 2.75) is 6.92 Å². The van der Waals surface area contributed by atoms with Gasteiger partial charge in [0, 0.05) is 6.20 Å². The zero-order valence-corrected chi connectivity index (χ0v) is 9.14. The Kier molecular flexibility index (Phi) is 3.09. The Morgan fingerprint density at radius 2 is 2.12 bits per heavy atom. The summed E-state index contributed by atoms with van der Waals surface area (Å²) in [6.45, 7) is 1.78. The number of nitrogens with one attached hydrogen (secondary N) is 1.